The van der Waals surface area contributed by atoms with Gasteiger partial charge in [-0.2, -0.15) is 0 Å². The van der Waals surface area contributed by atoms with Gasteiger partial charge in [-0.15, -0.1) is 0 Å². The van der Waals surface area contributed by atoms with E-state index in [9.17, 15) is 24.0 Å². The molecule has 0 saturated carbocycles. The Morgan fingerprint density at radius 2 is 1.00 bits per heavy atom. The molecule has 10 nitrogen and oxygen atoms in total. The van der Waals surface area contributed by atoms with Crippen molar-refractivity contribution in [2.24, 2.45) is 0 Å². The zero-order chi connectivity index (χ0) is 24.0. The Kier molecular flexibility index (Phi) is 7.92. The number of hydrogen-bond donors (Lipinski definition) is 0. The van der Waals surface area contributed by atoms with Crippen molar-refractivity contribution in [1.29, 1.82) is 0 Å². The summed E-state index contributed by atoms with van der Waals surface area (Å²) in [6, 6.07) is 6.53. The first-order chi connectivity index (χ1) is 15.2. The van der Waals surface area contributed by atoms with Crippen LogP contribution in [0.2, 0.25) is 5.02 Å². The standard InChI is InChI=1S/C21H17ClO10/c1-28-17(23)12-9-13(18(24)32-11-7-5-10(22)6-8-11)15(20(26)30-3)16(21(27)31-4)14(12)19(25)29-2/h5-9H,1-4H3. The van der Waals surface area contributed by atoms with Crippen LogP contribution in [0.4, 0.5) is 0 Å². The Morgan fingerprint density at radius 1 is 0.594 bits per heavy atom. The lowest BCUT2D eigenvalue weighted by Gasteiger charge is -2.17. The van der Waals surface area contributed by atoms with E-state index in [4.69, 9.17) is 16.3 Å². The van der Waals surface area contributed by atoms with Gasteiger partial charge in [0.2, 0.25) is 0 Å². The van der Waals surface area contributed by atoms with Gasteiger partial charge in [0.1, 0.15) is 5.75 Å². The van der Waals surface area contributed by atoms with E-state index in [1.54, 1.807) is 0 Å². The van der Waals surface area contributed by atoms with E-state index in [2.05, 4.69) is 18.9 Å². The summed E-state index contributed by atoms with van der Waals surface area (Å²) in [6.45, 7) is 0. The molecule has 0 fully saturated rings. The molecular formula is C21H17ClO10. The van der Waals surface area contributed by atoms with E-state index in [1.165, 1.54) is 24.3 Å². The molecule has 0 radical (unpaired) electrons. The van der Waals surface area contributed by atoms with Crippen molar-refractivity contribution >= 4 is 41.4 Å². The molecule has 0 aliphatic rings. The fourth-order valence-corrected chi connectivity index (χ4v) is 2.84. The molecule has 0 aliphatic carbocycles. The SMILES string of the molecule is COC(=O)c1cc(C(=O)Oc2ccc(Cl)cc2)c(C(=O)OC)c(C(=O)OC)c1C(=O)OC. The van der Waals surface area contributed by atoms with Gasteiger partial charge in [-0.1, -0.05) is 11.6 Å². The number of methoxy groups -OCH3 is 4. The Balaban J connectivity index is 2.89. The highest BCUT2D eigenvalue weighted by molar-refractivity contribution is 6.30. The second kappa shape index (κ2) is 10.4. The number of ether oxygens (including phenoxy) is 5. The zero-order valence-corrected chi connectivity index (χ0v) is 18.1. The van der Waals surface area contributed by atoms with Gasteiger partial charge in [0.15, 0.2) is 0 Å². The van der Waals surface area contributed by atoms with E-state index >= 15 is 0 Å². The van der Waals surface area contributed by atoms with Crippen LogP contribution >= 0.6 is 11.6 Å². The fourth-order valence-electron chi connectivity index (χ4n) is 2.71. The van der Waals surface area contributed by atoms with Crippen LogP contribution in [0.15, 0.2) is 30.3 Å². The number of carbonyl (C=O) groups is 5. The molecule has 0 bridgehead atoms. The summed E-state index contributed by atoms with van der Waals surface area (Å²) in [4.78, 5) is 62.9. The first kappa shape index (κ1) is 24.4. The summed E-state index contributed by atoms with van der Waals surface area (Å²) >= 11 is 5.81. The first-order valence-electron chi connectivity index (χ1n) is 8.72. The lowest BCUT2D eigenvalue weighted by Crippen LogP contribution is -2.26. The Morgan fingerprint density at radius 3 is 1.44 bits per heavy atom. The van der Waals surface area contributed by atoms with Crippen LogP contribution in [-0.4, -0.2) is 58.3 Å². The average Bonchev–Trinajstić information content (AvgIpc) is 2.81. The Hall–Kier alpha value is -3.92. The van der Waals surface area contributed by atoms with Crippen LogP contribution in [0.5, 0.6) is 5.75 Å². The van der Waals surface area contributed by atoms with Crippen LogP contribution < -0.4 is 4.74 Å². The number of carbonyl (C=O) groups excluding carboxylic acids is 5. The number of rotatable bonds is 6. The van der Waals surface area contributed by atoms with Crippen LogP contribution in [0.25, 0.3) is 0 Å². The molecule has 2 aromatic rings. The molecule has 0 aromatic heterocycles. The highest BCUT2D eigenvalue weighted by Crippen LogP contribution is 2.28. The minimum atomic E-state index is -1.21. The summed E-state index contributed by atoms with van der Waals surface area (Å²) in [5.41, 5.74) is -3.12. The van der Waals surface area contributed by atoms with E-state index < -0.39 is 57.7 Å². The fraction of sp³-hybridized carbons (Fsp3) is 0.190. The smallest absolute Gasteiger partial charge is 0.344 e. The molecule has 0 spiro atoms. The first-order valence-corrected chi connectivity index (χ1v) is 9.09. The number of esters is 5. The number of halogens is 1. The number of benzene rings is 2. The summed E-state index contributed by atoms with van der Waals surface area (Å²) < 4.78 is 23.9. The lowest BCUT2D eigenvalue weighted by molar-refractivity contribution is 0.0518. The Labute approximate surface area is 186 Å². The van der Waals surface area contributed by atoms with E-state index in [0.717, 1.165) is 34.5 Å². The molecule has 0 N–H and O–H groups in total. The zero-order valence-electron chi connectivity index (χ0n) is 17.3. The van der Waals surface area contributed by atoms with Crippen molar-refractivity contribution in [2.75, 3.05) is 28.4 Å². The molecule has 0 unspecified atom stereocenters. The minimum Gasteiger partial charge on any atom is -0.465 e. The maximum absolute atomic E-state index is 12.9. The molecular weight excluding hydrogens is 448 g/mol. The molecule has 168 valence electrons. The van der Waals surface area contributed by atoms with Crippen molar-refractivity contribution in [3.05, 3.63) is 63.2 Å². The van der Waals surface area contributed by atoms with Crippen LogP contribution in [-0.2, 0) is 18.9 Å². The van der Waals surface area contributed by atoms with Crippen molar-refractivity contribution < 1.29 is 47.7 Å². The maximum atomic E-state index is 12.9. The van der Waals surface area contributed by atoms with Crippen molar-refractivity contribution in [1.82, 2.24) is 0 Å². The maximum Gasteiger partial charge on any atom is 0.344 e. The van der Waals surface area contributed by atoms with Gasteiger partial charge >= 0.3 is 29.8 Å². The molecule has 11 heteroatoms. The van der Waals surface area contributed by atoms with Crippen LogP contribution in [0.3, 0.4) is 0 Å². The lowest BCUT2D eigenvalue weighted by atomic mass is 9.90. The van der Waals surface area contributed by atoms with E-state index in [0.29, 0.717) is 5.02 Å². The normalized spacial score (nSPS) is 10.0. The van der Waals surface area contributed by atoms with Crippen molar-refractivity contribution in [3.63, 3.8) is 0 Å². The summed E-state index contributed by atoms with van der Waals surface area (Å²) in [6.07, 6.45) is 0. The molecule has 32 heavy (non-hydrogen) atoms. The molecule has 2 aromatic carbocycles. The molecule has 0 amide bonds. The highest BCUT2D eigenvalue weighted by atomic mass is 35.5. The largest absolute Gasteiger partial charge is 0.465 e. The van der Waals surface area contributed by atoms with Crippen molar-refractivity contribution in [3.8, 4) is 5.75 Å². The van der Waals surface area contributed by atoms with Crippen LogP contribution in [0, 0.1) is 0 Å². The molecule has 0 heterocycles. The topological polar surface area (TPSA) is 132 Å². The van der Waals surface area contributed by atoms with Gasteiger partial charge in [-0.05, 0) is 30.3 Å². The third-order valence-electron chi connectivity index (χ3n) is 4.15. The Bertz CT molecular complexity index is 1090. The summed E-state index contributed by atoms with van der Waals surface area (Å²) in [5, 5.41) is 0.378. The second-order valence-corrected chi connectivity index (χ2v) is 6.34. The van der Waals surface area contributed by atoms with Gasteiger partial charge in [0.25, 0.3) is 0 Å². The molecule has 2 rings (SSSR count). The van der Waals surface area contributed by atoms with Gasteiger partial charge < -0.3 is 23.7 Å². The van der Waals surface area contributed by atoms with Gasteiger partial charge in [-0.3, -0.25) is 0 Å². The second-order valence-electron chi connectivity index (χ2n) is 5.91. The summed E-state index contributed by atoms with van der Waals surface area (Å²) in [5.74, 6) is -5.72. The van der Waals surface area contributed by atoms with Gasteiger partial charge in [0.05, 0.1) is 56.3 Å². The predicted molar refractivity (Wildman–Crippen MR) is 108 cm³/mol. The number of hydrogen-bond acceptors (Lipinski definition) is 10. The summed E-state index contributed by atoms with van der Waals surface area (Å²) in [7, 11) is 3.97. The van der Waals surface area contributed by atoms with Crippen LogP contribution in [0.1, 0.15) is 51.8 Å². The van der Waals surface area contributed by atoms with E-state index in [1.807, 2.05) is 0 Å². The average molecular weight is 465 g/mol. The molecule has 0 aliphatic heterocycles. The van der Waals surface area contributed by atoms with Crippen molar-refractivity contribution in [2.45, 2.75) is 0 Å². The van der Waals surface area contributed by atoms with E-state index in [-0.39, 0.29) is 5.75 Å². The van der Waals surface area contributed by atoms with Gasteiger partial charge in [0, 0.05) is 5.02 Å². The van der Waals surface area contributed by atoms with Gasteiger partial charge in [-0.25, -0.2) is 24.0 Å². The third-order valence-corrected chi connectivity index (χ3v) is 4.40. The highest BCUT2D eigenvalue weighted by Gasteiger charge is 2.36. The minimum absolute atomic E-state index is 0.0477. The quantitative estimate of drug-likeness (QED) is 0.357. The monoisotopic (exact) mass is 464 g/mol. The third kappa shape index (κ3) is 4.86. The molecule has 0 saturated heterocycles. The molecule has 0 atom stereocenters. The predicted octanol–water partition coefficient (Wildman–Crippen LogP) is 2.71.